The van der Waals surface area contributed by atoms with E-state index in [0.29, 0.717) is 24.3 Å². The molecule has 2 fully saturated rings. The van der Waals surface area contributed by atoms with E-state index in [-0.39, 0.29) is 36.4 Å². The van der Waals surface area contributed by atoms with Gasteiger partial charge in [-0.25, -0.2) is 19.6 Å². The smallest absolute Gasteiger partial charge is 0.335 e. The fourth-order valence-corrected chi connectivity index (χ4v) is 7.34. The summed E-state index contributed by atoms with van der Waals surface area (Å²) in [5, 5.41) is 57.7. The first-order valence-electron chi connectivity index (χ1n) is 19.6. The van der Waals surface area contributed by atoms with Crippen LogP contribution in [0.2, 0.25) is 0 Å². The lowest BCUT2D eigenvalue weighted by Crippen LogP contribution is -2.64. The van der Waals surface area contributed by atoms with Gasteiger partial charge in [0.05, 0.1) is 29.6 Å². The van der Waals surface area contributed by atoms with Crippen LogP contribution >= 0.6 is 0 Å². The Morgan fingerprint density at radius 3 is 2.48 bits per heavy atom. The van der Waals surface area contributed by atoms with Crippen molar-refractivity contribution in [3.8, 4) is 6.07 Å². The van der Waals surface area contributed by atoms with Crippen LogP contribution in [0.4, 0.5) is 10.6 Å². The Morgan fingerprint density at radius 2 is 1.87 bits per heavy atom. The number of anilines is 1. The predicted octanol–water partition coefficient (Wildman–Crippen LogP) is -0.880. The molecule has 0 bridgehead atoms. The Kier molecular flexibility index (Phi) is 17.1. The number of esters is 1. The van der Waals surface area contributed by atoms with Gasteiger partial charge in [0.1, 0.15) is 68.3 Å². The van der Waals surface area contributed by atoms with Crippen LogP contribution in [0, 0.1) is 17.2 Å². The molecule has 3 amide bonds. The summed E-state index contributed by atoms with van der Waals surface area (Å²) in [6.45, 7) is 7.88. The number of nitrogens with one attached hydrogen (secondary N) is 2. The maximum absolute atomic E-state index is 13.3. The summed E-state index contributed by atoms with van der Waals surface area (Å²) in [7, 11) is 3.04. The standard InChI is InChI=1S/C38H56N8O14/c1-8-23(43-21(5)47)31(59-37-30(52)29(51)32(58-19(2)3)33(60-37)36(53)54)28(50)25(56-7)17-57-27(49)15-40-38(55)46-14-11-22-34(41-18-42-35(22)46)44(6)24-16-45(13-10-20(24)4)26(48)9-12-39/h11,14,18-20,23-25,28-33,37,50-52H,8-10,13,15-17H2,1-7H3,(H,40,55)(H,43,47)(H,53,54)/t20-,23?,24+,25?,28?,29?,30?,31?,32?,33?,37?/m1/s1. The third-order valence-electron chi connectivity index (χ3n) is 10.6. The van der Waals surface area contributed by atoms with Crippen molar-refractivity contribution in [3.05, 3.63) is 18.6 Å². The summed E-state index contributed by atoms with van der Waals surface area (Å²) in [5.74, 6) is -2.50. The number of fused-ring (bicyclic) bond motifs is 1. The van der Waals surface area contributed by atoms with Gasteiger partial charge in [-0.05, 0) is 38.7 Å². The number of carboxylic acid groups (broad SMARTS) is 1. The van der Waals surface area contributed by atoms with E-state index in [1.165, 1.54) is 31.1 Å². The Morgan fingerprint density at radius 1 is 1.15 bits per heavy atom. The van der Waals surface area contributed by atoms with E-state index in [0.717, 1.165) is 6.42 Å². The van der Waals surface area contributed by atoms with Gasteiger partial charge in [0.2, 0.25) is 11.8 Å². The number of carboxylic acids is 1. The molecule has 4 heterocycles. The molecule has 11 atom stereocenters. The molecule has 2 aromatic heterocycles. The first-order chi connectivity index (χ1) is 28.4. The third kappa shape index (κ3) is 11.4. The first kappa shape index (κ1) is 47.7. The molecule has 0 radical (unpaired) electrons. The average Bonchev–Trinajstić information content (AvgIpc) is 3.65. The van der Waals surface area contributed by atoms with E-state index in [2.05, 4.69) is 27.5 Å². The molecule has 9 unspecified atom stereocenters. The zero-order valence-electron chi connectivity index (χ0n) is 34.7. The fourth-order valence-electron chi connectivity index (χ4n) is 7.34. The number of hydrogen-bond acceptors (Lipinski definition) is 17. The van der Waals surface area contributed by atoms with Crippen LogP contribution in [0.25, 0.3) is 11.0 Å². The molecule has 0 aliphatic carbocycles. The van der Waals surface area contributed by atoms with Crippen molar-refractivity contribution in [2.75, 3.05) is 45.3 Å². The molecular formula is C38H56N8O14. The van der Waals surface area contributed by atoms with Gasteiger partial charge in [-0.2, -0.15) is 5.26 Å². The minimum Gasteiger partial charge on any atom is -0.479 e. The predicted molar refractivity (Wildman–Crippen MR) is 208 cm³/mol. The number of nitriles is 1. The van der Waals surface area contributed by atoms with Gasteiger partial charge in [0, 0.05) is 40.4 Å². The number of nitrogens with zero attached hydrogens (tertiary/aromatic N) is 6. The molecule has 22 nitrogen and oxygen atoms in total. The van der Waals surface area contributed by atoms with E-state index < -0.39 is 98.2 Å². The number of amides is 3. The number of likely N-dealkylation sites (tertiary alicyclic amines) is 1. The number of carbonyl (C=O) groups excluding carboxylic acids is 4. The zero-order valence-corrected chi connectivity index (χ0v) is 34.7. The van der Waals surface area contributed by atoms with E-state index in [4.69, 9.17) is 28.9 Å². The molecule has 332 valence electrons. The highest BCUT2D eigenvalue weighted by Crippen LogP contribution is 2.31. The molecule has 0 aromatic carbocycles. The zero-order chi connectivity index (χ0) is 44.4. The molecule has 2 saturated heterocycles. The number of hydrogen-bond donors (Lipinski definition) is 6. The van der Waals surface area contributed by atoms with Crippen LogP contribution in [-0.4, -0.2) is 177 Å². The summed E-state index contributed by atoms with van der Waals surface area (Å²) in [6.07, 6.45) is -10.4. The second kappa shape index (κ2) is 21.5. The van der Waals surface area contributed by atoms with Gasteiger partial charge in [-0.3, -0.25) is 19.0 Å². The average molecular weight is 849 g/mol. The maximum Gasteiger partial charge on any atom is 0.335 e. The second-order valence-electron chi connectivity index (χ2n) is 15.1. The molecular weight excluding hydrogens is 792 g/mol. The van der Waals surface area contributed by atoms with Gasteiger partial charge < -0.3 is 64.5 Å². The number of aliphatic hydroxyl groups is 3. The Balaban J connectivity index is 1.42. The van der Waals surface area contributed by atoms with Crippen LogP contribution in [0.15, 0.2) is 18.6 Å². The van der Waals surface area contributed by atoms with E-state index in [1.807, 2.05) is 18.0 Å². The number of ether oxygens (including phenoxy) is 5. The largest absolute Gasteiger partial charge is 0.479 e. The summed E-state index contributed by atoms with van der Waals surface area (Å²) in [6, 6.07) is 1.71. The van der Waals surface area contributed by atoms with Gasteiger partial charge in [-0.1, -0.05) is 13.8 Å². The molecule has 22 heteroatoms. The summed E-state index contributed by atoms with van der Waals surface area (Å²) >= 11 is 0. The van der Waals surface area contributed by atoms with Crippen molar-refractivity contribution in [1.82, 2.24) is 30.1 Å². The van der Waals surface area contributed by atoms with E-state index in [9.17, 15) is 44.4 Å². The molecule has 6 N–H and O–H groups in total. The summed E-state index contributed by atoms with van der Waals surface area (Å²) in [5.41, 5.74) is 0.245. The third-order valence-corrected chi connectivity index (χ3v) is 10.6. The van der Waals surface area contributed by atoms with Crippen LogP contribution < -0.4 is 15.5 Å². The van der Waals surface area contributed by atoms with Crippen LogP contribution in [0.1, 0.15) is 53.9 Å². The van der Waals surface area contributed by atoms with Crippen molar-refractivity contribution in [3.63, 3.8) is 0 Å². The van der Waals surface area contributed by atoms with Crippen molar-refractivity contribution in [2.24, 2.45) is 5.92 Å². The number of aliphatic carboxylic acids is 1. The van der Waals surface area contributed by atoms with E-state index in [1.54, 1.807) is 31.7 Å². The van der Waals surface area contributed by atoms with Gasteiger partial charge in [-0.15, -0.1) is 0 Å². The highest BCUT2D eigenvalue weighted by atomic mass is 16.7. The van der Waals surface area contributed by atoms with Crippen LogP contribution in [-0.2, 0) is 42.9 Å². The topological polar surface area (TPSA) is 297 Å². The lowest BCUT2D eigenvalue weighted by atomic mass is 9.92. The molecule has 0 spiro atoms. The number of piperidine rings is 1. The highest BCUT2D eigenvalue weighted by molar-refractivity contribution is 5.95. The Labute approximate surface area is 346 Å². The fraction of sp³-hybridized carbons (Fsp3) is 0.684. The summed E-state index contributed by atoms with van der Waals surface area (Å²) in [4.78, 5) is 75.2. The highest BCUT2D eigenvalue weighted by Gasteiger charge is 2.51. The summed E-state index contributed by atoms with van der Waals surface area (Å²) < 4.78 is 28.9. The second-order valence-corrected chi connectivity index (χ2v) is 15.1. The number of aromatic nitrogens is 3. The molecule has 0 saturated carbocycles. The van der Waals surface area contributed by atoms with Crippen LogP contribution in [0.5, 0.6) is 0 Å². The quantitative estimate of drug-likeness (QED) is 0.0993. The first-order valence-corrected chi connectivity index (χ1v) is 19.6. The van der Waals surface area contributed by atoms with Crippen molar-refractivity contribution in [2.45, 2.75) is 121 Å². The SMILES string of the molecule is CCC(NC(C)=O)C(OC1OC(C(=O)O)C(OC(C)C)C(O)C1O)C(O)C(COC(=O)CNC(=O)n1ccc2c(N(C)[C@H]3CN(C(=O)CC#N)CC[C@H]3C)ncnc21)OC. The number of methoxy groups -OCH3 is 1. The normalized spacial score (nSPS) is 25.1. The van der Waals surface area contributed by atoms with Crippen molar-refractivity contribution in [1.29, 1.82) is 5.26 Å². The minimum absolute atomic E-state index is 0.136. The molecule has 60 heavy (non-hydrogen) atoms. The van der Waals surface area contributed by atoms with Gasteiger partial charge >= 0.3 is 18.0 Å². The van der Waals surface area contributed by atoms with Crippen molar-refractivity contribution < 1.29 is 68.1 Å². The van der Waals surface area contributed by atoms with Gasteiger partial charge in [0.15, 0.2) is 18.0 Å². The number of rotatable bonds is 18. The van der Waals surface area contributed by atoms with E-state index >= 15 is 0 Å². The van der Waals surface area contributed by atoms with Crippen molar-refractivity contribution >= 4 is 46.6 Å². The van der Waals surface area contributed by atoms with Crippen LogP contribution in [0.3, 0.4) is 0 Å². The Bertz CT molecular complexity index is 1860. The Hall–Kier alpha value is -5.02. The minimum atomic E-state index is -1.85. The number of likely N-dealkylation sites (N-methyl/N-ethyl adjacent to an activating group) is 1. The molecule has 4 rings (SSSR count). The van der Waals surface area contributed by atoms with Gasteiger partial charge in [0.25, 0.3) is 0 Å². The number of aliphatic hydroxyl groups excluding tert-OH is 3. The lowest BCUT2D eigenvalue weighted by Gasteiger charge is -2.44. The molecule has 2 aliphatic rings. The maximum atomic E-state index is 13.3. The monoisotopic (exact) mass is 848 g/mol. The molecule has 2 aliphatic heterocycles. The lowest BCUT2D eigenvalue weighted by molar-refractivity contribution is -0.322. The molecule has 2 aromatic rings. The number of carbonyl (C=O) groups is 5.